The van der Waals surface area contributed by atoms with Crippen molar-refractivity contribution in [2.24, 2.45) is 5.41 Å². The number of ether oxygens (including phenoxy) is 1. The maximum absolute atomic E-state index is 14.2. The van der Waals surface area contributed by atoms with E-state index in [2.05, 4.69) is 10.1 Å². The Bertz CT molecular complexity index is 1220. The Labute approximate surface area is 183 Å². The van der Waals surface area contributed by atoms with Gasteiger partial charge in [-0.05, 0) is 52.8 Å². The van der Waals surface area contributed by atoms with Crippen molar-refractivity contribution in [2.75, 3.05) is 0 Å². The number of allylic oxidation sites excluding steroid dienone is 1. The van der Waals surface area contributed by atoms with Crippen molar-refractivity contribution in [3.8, 4) is 17.5 Å². The van der Waals surface area contributed by atoms with Gasteiger partial charge in [0, 0.05) is 6.54 Å². The predicted molar refractivity (Wildman–Crippen MR) is 112 cm³/mol. The second-order valence-electron chi connectivity index (χ2n) is 8.08. The van der Waals surface area contributed by atoms with E-state index in [0.29, 0.717) is 17.9 Å². The Morgan fingerprint density at radius 3 is 2.50 bits per heavy atom. The molecule has 0 aliphatic rings. The van der Waals surface area contributed by atoms with Gasteiger partial charge in [-0.1, -0.05) is 6.07 Å². The van der Waals surface area contributed by atoms with Crippen LogP contribution < -0.4 is 0 Å². The van der Waals surface area contributed by atoms with Crippen molar-refractivity contribution in [1.82, 2.24) is 14.8 Å². The van der Waals surface area contributed by atoms with Gasteiger partial charge in [0.2, 0.25) is 5.89 Å². The highest BCUT2D eigenvalue weighted by Gasteiger charge is 2.29. The molecule has 0 saturated heterocycles. The Hall–Kier alpha value is -3.80. The maximum Gasteiger partial charge on any atom is 0.316 e. The second kappa shape index (κ2) is 8.75. The minimum absolute atomic E-state index is 0.0385. The summed E-state index contributed by atoms with van der Waals surface area (Å²) in [6, 6.07) is 7.01. The molecule has 0 spiro atoms. The summed E-state index contributed by atoms with van der Waals surface area (Å²) in [5, 5.41) is 14.3. The lowest BCUT2D eigenvalue weighted by Gasteiger charge is -2.19. The highest BCUT2D eigenvalue weighted by molar-refractivity contribution is 5.97. The quantitative estimate of drug-likeness (QED) is 0.310. The van der Waals surface area contributed by atoms with Gasteiger partial charge in [-0.2, -0.15) is 10.4 Å². The van der Waals surface area contributed by atoms with Gasteiger partial charge in [0.1, 0.15) is 46.5 Å². The van der Waals surface area contributed by atoms with Crippen LogP contribution in [0.2, 0.25) is 0 Å². The van der Waals surface area contributed by atoms with E-state index in [1.54, 1.807) is 38.4 Å². The molecule has 7 nitrogen and oxygen atoms in total. The van der Waals surface area contributed by atoms with E-state index in [9.17, 15) is 18.8 Å². The number of nitrogens with zero attached hydrogens (tertiary/aromatic N) is 4. The molecule has 0 bridgehead atoms. The topological polar surface area (TPSA) is 93.9 Å². The van der Waals surface area contributed by atoms with Crippen molar-refractivity contribution in [1.29, 1.82) is 5.26 Å². The highest BCUT2D eigenvalue weighted by atomic mass is 19.1. The zero-order valence-electron chi connectivity index (χ0n) is 18.4. The smallest absolute Gasteiger partial charge is 0.316 e. The zero-order valence-corrected chi connectivity index (χ0v) is 18.4. The summed E-state index contributed by atoms with van der Waals surface area (Å²) in [4.78, 5) is 16.8. The van der Waals surface area contributed by atoms with E-state index < -0.39 is 28.6 Å². The minimum Gasteiger partial charge on any atom is -0.444 e. The highest BCUT2D eigenvalue weighted by Crippen LogP contribution is 2.32. The molecular weight excluding hydrogens is 418 g/mol. The summed E-state index contributed by atoms with van der Waals surface area (Å²) in [7, 11) is 0. The average Bonchev–Trinajstić information content (AvgIpc) is 3.33. The molecule has 0 atom stereocenters. The van der Waals surface area contributed by atoms with Crippen LogP contribution in [0.1, 0.15) is 44.8 Å². The lowest BCUT2D eigenvalue weighted by Crippen LogP contribution is -2.23. The third kappa shape index (κ3) is 4.44. The maximum atomic E-state index is 14.2. The number of halogens is 2. The summed E-state index contributed by atoms with van der Waals surface area (Å²) >= 11 is 0. The summed E-state index contributed by atoms with van der Waals surface area (Å²) in [6.07, 6.45) is 1.09. The number of carbonyl (C=O) groups is 1. The number of esters is 1. The number of oxazole rings is 1. The van der Waals surface area contributed by atoms with Crippen LogP contribution in [0.5, 0.6) is 0 Å². The summed E-state index contributed by atoms with van der Waals surface area (Å²) < 4.78 is 40.8. The molecule has 0 saturated carbocycles. The van der Waals surface area contributed by atoms with E-state index in [1.807, 2.05) is 13.0 Å². The number of nitriles is 1. The van der Waals surface area contributed by atoms with Crippen molar-refractivity contribution < 1.29 is 22.7 Å². The molecule has 0 unspecified atom stereocenters. The summed E-state index contributed by atoms with van der Waals surface area (Å²) in [6.45, 7) is 9.09. The monoisotopic (exact) mass is 440 g/mol. The van der Waals surface area contributed by atoms with E-state index in [-0.39, 0.29) is 22.9 Å². The Balaban J connectivity index is 2.21. The van der Waals surface area contributed by atoms with E-state index >= 15 is 0 Å². The minimum atomic E-state index is -0.861. The lowest BCUT2D eigenvalue weighted by molar-refractivity contribution is -0.145. The first kappa shape index (κ1) is 22.9. The molecule has 32 heavy (non-hydrogen) atoms. The van der Waals surface area contributed by atoms with Crippen LogP contribution in [0.4, 0.5) is 8.78 Å². The number of aromatic nitrogens is 3. The number of carbonyl (C=O) groups excluding carboxylic acids is 1. The van der Waals surface area contributed by atoms with Gasteiger partial charge >= 0.3 is 5.97 Å². The first-order chi connectivity index (χ1) is 15.1. The van der Waals surface area contributed by atoms with Gasteiger partial charge < -0.3 is 9.15 Å². The van der Waals surface area contributed by atoms with Gasteiger partial charge in [0.15, 0.2) is 5.76 Å². The van der Waals surface area contributed by atoms with Crippen LogP contribution in [0, 0.1) is 35.3 Å². The van der Waals surface area contributed by atoms with Gasteiger partial charge in [-0.25, -0.2) is 13.8 Å². The van der Waals surface area contributed by atoms with Gasteiger partial charge in [-0.3, -0.25) is 9.48 Å². The predicted octanol–water partition coefficient (Wildman–Crippen LogP) is 5.13. The van der Waals surface area contributed by atoms with Gasteiger partial charge in [0.25, 0.3) is 0 Å². The second-order valence-corrected chi connectivity index (χ2v) is 8.08. The van der Waals surface area contributed by atoms with Gasteiger partial charge in [-0.15, -0.1) is 0 Å². The first-order valence-corrected chi connectivity index (χ1v) is 9.88. The molecule has 3 rings (SSSR count). The number of rotatable bonds is 5. The van der Waals surface area contributed by atoms with Crippen molar-refractivity contribution in [2.45, 2.75) is 41.2 Å². The van der Waals surface area contributed by atoms with E-state index in [4.69, 9.17) is 9.15 Å². The Morgan fingerprint density at radius 2 is 1.94 bits per heavy atom. The van der Waals surface area contributed by atoms with Crippen LogP contribution in [-0.2, 0) is 16.1 Å². The van der Waals surface area contributed by atoms with E-state index in [1.165, 1.54) is 6.07 Å². The fourth-order valence-corrected chi connectivity index (χ4v) is 2.88. The van der Waals surface area contributed by atoms with Crippen LogP contribution >= 0.6 is 0 Å². The zero-order chi connectivity index (χ0) is 23.6. The number of aryl methyl sites for hydroxylation is 2. The van der Waals surface area contributed by atoms with Crippen LogP contribution in [-0.4, -0.2) is 20.7 Å². The molecule has 0 amide bonds. The number of hydrogen-bond donors (Lipinski definition) is 0. The first-order valence-electron chi connectivity index (χ1n) is 9.88. The van der Waals surface area contributed by atoms with Crippen LogP contribution in [0.25, 0.3) is 22.8 Å². The third-order valence-corrected chi connectivity index (χ3v) is 4.52. The van der Waals surface area contributed by atoms with Crippen molar-refractivity contribution in [3.05, 3.63) is 59.2 Å². The SMILES string of the molecule is CCn1nc(C)cc1/C(OC(=O)C(C)(C)C)=C(\C#N)c1coc(-c2c(F)cccc2F)n1. The van der Waals surface area contributed by atoms with Crippen molar-refractivity contribution >= 4 is 17.3 Å². The number of benzene rings is 1. The molecule has 0 aliphatic carbocycles. The van der Waals surface area contributed by atoms with Crippen LogP contribution in [0.15, 0.2) is 34.9 Å². The Morgan fingerprint density at radius 1 is 1.28 bits per heavy atom. The van der Waals surface area contributed by atoms with Gasteiger partial charge in [0.05, 0.1) is 11.1 Å². The molecule has 0 radical (unpaired) electrons. The summed E-state index contributed by atoms with van der Waals surface area (Å²) in [5.41, 5.74) is -0.451. The van der Waals surface area contributed by atoms with Crippen LogP contribution in [0.3, 0.4) is 0 Å². The average molecular weight is 440 g/mol. The molecule has 1 aromatic carbocycles. The molecule has 2 aromatic heterocycles. The molecule has 0 N–H and O–H groups in total. The molecule has 9 heteroatoms. The number of hydrogen-bond acceptors (Lipinski definition) is 6. The third-order valence-electron chi connectivity index (χ3n) is 4.52. The molecule has 166 valence electrons. The normalized spacial score (nSPS) is 12.3. The van der Waals surface area contributed by atoms with Crippen molar-refractivity contribution in [3.63, 3.8) is 0 Å². The molecule has 0 aliphatic heterocycles. The summed E-state index contributed by atoms with van der Waals surface area (Å²) in [5.74, 6) is -2.71. The van der Waals surface area contributed by atoms with E-state index in [0.717, 1.165) is 18.4 Å². The molecule has 3 aromatic rings. The molecular formula is C23H22F2N4O3. The fraction of sp³-hybridized carbons (Fsp3) is 0.304. The Kier molecular flexibility index (Phi) is 6.25. The lowest BCUT2D eigenvalue weighted by atomic mass is 9.97. The molecule has 2 heterocycles. The molecule has 0 fully saturated rings. The fourth-order valence-electron chi connectivity index (χ4n) is 2.88. The largest absolute Gasteiger partial charge is 0.444 e. The standard InChI is InChI=1S/C23H22F2N4O3/c1-6-29-18(10-13(2)28-29)20(32-22(30)23(3,4)5)14(11-26)17-12-31-21(27-17)19-15(24)8-7-9-16(19)25/h7-10,12H,6H2,1-5H3/b20-14-.